The molecule has 0 aliphatic rings. The van der Waals surface area contributed by atoms with Crippen LogP contribution in [-0.4, -0.2) is 0 Å². The third-order valence-corrected chi connectivity index (χ3v) is 11.0. The van der Waals surface area contributed by atoms with E-state index in [1.165, 1.54) is 61.2 Å². The van der Waals surface area contributed by atoms with Gasteiger partial charge in [0.1, 0.15) is 0 Å². The molecule has 0 bridgehead atoms. The Morgan fingerprint density at radius 1 is 0.411 bits per heavy atom. The van der Waals surface area contributed by atoms with Crippen LogP contribution >= 0.6 is 15.9 Å². The molecule has 56 heavy (non-hydrogen) atoms. The first-order chi connectivity index (χ1) is 26.2. The van der Waals surface area contributed by atoms with Crippen molar-refractivity contribution in [2.45, 2.75) is 110 Å². The van der Waals surface area contributed by atoms with Gasteiger partial charge in [0.05, 0.1) is 0 Å². The van der Waals surface area contributed by atoms with Gasteiger partial charge in [0.15, 0.2) is 0 Å². The summed E-state index contributed by atoms with van der Waals surface area (Å²) in [6.07, 6.45) is 13.8. The number of allylic oxidation sites excluding steroid dienone is 4. The van der Waals surface area contributed by atoms with E-state index in [1.54, 1.807) is 0 Å². The average Bonchev–Trinajstić information content (AvgIpc) is 3.14. The van der Waals surface area contributed by atoms with Crippen LogP contribution in [0, 0.1) is 0 Å². The topological polar surface area (TPSA) is 0 Å². The lowest BCUT2D eigenvalue weighted by atomic mass is 9.79. The number of halogens is 1. The zero-order valence-electron chi connectivity index (χ0n) is 36.0. The van der Waals surface area contributed by atoms with E-state index in [0.29, 0.717) is 0 Å². The van der Waals surface area contributed by atoms with Gasteiger partial charge in [0.2, 0.25) is 0 Å². The number of hydrogen-bond acceptors (Lipinski definition) is 0. The Hall–Kier alpha value is -4.46. The normalized spacial score (nSPS) is 13.6. The third-order valence-electron chi connectivity index (χ3n) is 10.3. The van der Waals surface area contributed by atoms with Crippen molar-refractivity contribution in [2.24, 2.45) is 0 Å². The Bertz CT molecular complexity index is 2010. The van der Waals surface area contributed by atoms with E-state index in [1.807, 2.05) is 0 Å². The smallest absolute Gasteiger partial charge is 0.0283 e. The summed E-state index contributed by atoms with van der Waals surface area (Å²) in [7, 11) is 0. The molecule has 0 aliphatic carbocycles. The van der Waals surface area contributed by atoms with Crippen LogP contribution in [0.2, 0.25) is 0 Å². The van der Waals surface area contributed by atoms with Crippen LogP contribution in [-0.2, 0) is 27.0 Å². The van der Waals surface area contributed by atoms with E-state index in [-0.39, 0.29) is 21.7 Å². The van der Waals surface area contributed by atoms with Gasteiger partial charge in [-0.3, -0.25) is 0 Å². The van der Waals surface area contributed by atoms with Crippen LogP contribution in [0.1, 0.15) is 144 Å². The first kappa shape index (κ1) is 42.7. The number of hydrogen-bond donors (Lipinski definition) is 0. The molecule has 0 N–H and O–H groups in total. The van der Waals surface area contributed by atoms with Crippen LogP contribution in [0.25, 0.3) is 35.5 Å². The Morgan fingerprint density at radius 2 is 0.732 bits per heavy atom. The fraction of sp³-hybridized carbons (Fsp3) is 0.309. The zero-order chi connectivity index (χ0) is 40.9. The molecule has 5 rings (SSSR count). The van der Waals surface area contributed by atoms with Gasteiger partial charge in [-0.25, -0.2) is 0 Å². The maximum atomic E-state index is 3.84. The fourth-order valence-corrected chi connectivity index (χ4v) is 6.94. The third kappa shape index (κ3) is 11.8. The Morgan fingerprint density at radius 3 is 1.02 bits per heavy atom. The highest BCUT2D eigenvalue weighted by molar-refractivity contribution is 9.08. The first-order valence-corrected chi connectivity index (χ1v) is 21.2. The van der Waals surface area contributed by atoms with E-state index in [4.69, 9.17) is 0 Å². The minimum atomic E-state index is 0.0447. The predicted molar refractivity (Wildman–Crippen MR) is 253 cm³/mol. The number of benzene rings is 5. The predicted octanol–water partition coefficient (Wildman–Crippen LogP) is 16.3. The van der Waals surface area contributed by atoms with Crippen LogP contribution in [0.3, 0.4) is 0 Å². The summed E-state index contributed by atoms with van der Waals surface area (Å²) in [6.45, 7) is 27.6. The summed E-state index contributed by atoms with van der Waals surface area (Å²) in [5.41, 5.74) is 16.3. The molecule has 0 amide bonds. The molecule has 0 saturated carbocycles. The van der Waals surface area contributed by atoms with Crippen molar-refractivity contribution < 1.29 is 0 Å². The van der Waals surface area contributed by atoms with Crippen molar-refractivity contribution in [1.82, 2.24) is 0 Å². The minimum absolute atomic E-state index is 0.0447. The second-order valence-corrected chi connectivity index (χ2v) is 20.0. The molecule has 5 aromatic carbocycles. The largest absolute Gasteiger partial charge is 0.0876 e. The fourth-order valence-electron chi connectivity index (χ4n) is 6.62. The lowest BCUT2D eigenvalue weighted by Gasteiger charge is -2.25. The van der Waals surface area contributed by atoms with Crippen LogP contribution in [0.15, 0.2) is 127 Å². The van der Waals surface area contributed by atoms with E-state index in [0.717, 1.165) is 16.5 Å². The summed E-state index contributed by atoms with van der Waals surface area (Å²) in [6, 6.07) is 42.6. The molecule has 0 radical (unpaired) electrons. The molecule has 0 saturated heterocycles. The SMILES string of the molecule is CC(C)(C)c1cc(C=CC(=Cc2ccccc2)c2cc(CBr)cc(C(C=Cc3cc(C(C)(C)C)cc(C(C)(C)C)c3)=Cc3ccccc3)c2)cc(C(C)(C)C)c1. The van der Waals surface area contributed by atoms with Crippen molar-refractivity contribution >= 4 is 51.4 Å². The van der Waals surface area contributed by atoms with Gasteiger partial charge in [0.25, 0.3) is 0 Å². The summed E-state index contributed by atoms with van der Waals surface area (Å²) < 4.78 is 0. The van der Waals surface area contributed by atoms with Gasteiger partial charge in [0, 0.05) is 5.33 Å². The van der Waals surface area contributed by atoms with E-state index < -0.39 is 0 Å². The molecule has 0 spiro atoms. The van der Waals surface area contributed by atoms with Gasteiger partial charge in [-0.05, 0) is 112 Å². The molecule has 0 nitrogen and oxygen atoms in total. The maximum absolute atomic E-state index is 3.84. The second-order valence-electron chi connectivity index (χ2n) is 19.4. The van der Waals surface area contributed by atoms with Gasteiger partial charge in [-0.2, -0.15) is 0 Å². The molecule has 0 aromatic heterocycles. The van der Waals surface area contributed by atoms with E-state index in [9.17, 15) is 0 Å². The first-order valence-electron chi connectivity index (χ1n) is 20.1. The van der Waals surface area contributed by atoms with Gasteiger partial charge in [-0.15, -0.1) is 0 Å². The molecule has 0 fully saturated rings. The van der Waals surface area contributed by atoms with Crippen molar-refractivity contribution in [3.8, 4) is 0 Å². The lowest BCUT2D eigenvalue weighted by molar-refractivity contribution is 0.568. The quantitative estimate of drug-likeness (QED) is 0.0791. The second kappa shape index (κ2) is 17.4. The Labute approximate surface area is 348 Å². The van der Waals surface area contributed by atoms with Gasteiger partial charge < -0.3 is 0 Å². The highest BCUT2D eigenvalue weighted by Gasteiger charge is 2.21. The average molecular weight is 804 g/mol. The number of rotatable bonds is 9. The summed E-state index contributed by atoms with van der Waals surface area (Å²) in [5, 5.41) is 0.754. The summed E-state index contributed by atoms with van der Waals surface area (Å²) in [5.74, 6) is 0. The molecule has 0 aliphatic heterocycles. The van der Waals surface area contributed by atoms with Crippen LogP contribution < -0.4 is 0 Å². The monoisotopic (exact) mass is 802 g/mol. The molecular formula is C55H63Br. The van der Waals surface area contributed by atoms with Crippen LogP contribution in [0.4, 0.5) is 0 Å². The summed E-state index contributed by atoms with van der Waals surface area (Å²) in [4.78, 5) is 0. The standard InChI is InChI=1S/C55H63Br/c1-52(2,3)48-31-41(32-49(36-48)53(4,5)6)23-25-44(27-39-19-15-13-16-20-39)46-29-43(38-56)30-47(35-46)45(28-40-21-17-14-18-22-40)26-24-42-33-50(54(7,8)9)37-51(34-42)55(10,11)12/h13-37H,38H2,1-12H3. The molecule has 1 heteroatoms. The van der Waals surface area contributed by atoms with Crippen molar-refractivity contribution in [3.63, 3.8) is 0 Å². The van der Waals surface area contributed by atoms with E-state index in [2.05, 4.69) is 251 Å². The highest BCUT2D eigenvalue weighted by atomic mass is 79.9. The molecular weight excluding hydrogens is 741 g/mol. The Kier molecular flexibility index (Phi) is 13.2. The Balaban J connectivity index is 1.69. The summed E-state index contributed by atoms with van der Waals surface area (Å²) >= 11 is 3.84. The lowest BCUT2D eigenvalue weighted by Crippen LogP contribution is -2.16. The van der Waals surface area contributed by atoms with Crippen molar-refractivity contribution in [2.75, 3.05) is 0 Å². The van der Waals surface area contributed by atoms with Crippen LogP contribution in [0.5, 0.6) is 0 Å². The van der Waals surface area contributed by atoms with Crippen molar-refractivity contribution in [1.29, 1.82) is 0 Å². The molecule has 290 valence electrons. The van der Waals surface area contributed by atoms with Crippen molar-refractivity contribution in [3.05, 3.63) is 189 Å². The molecule has 0 atom stereocenters. The minimum Gasteiger partial charge on any atom is -0.0876 e. The molecule has 5 aromatic rings. The molecule has 0 unspecified atom stereocenters. The maximum Gasteiger partial charge on any atom is 0.0283 e. The zero-order valence-corrected chi connectivity index (χ0v) is 37.6. The molecule has 0 heterocycles. The highest BCUT2D eigenvalue weighted by Crippen LogP contribution is 2.34. The number of alkyl halides is 1. The van der Waals surface area contributed by atoms with E-state index >= 15 is 0 Å². The van der Waals surface area contributed by atoms with Gasteiger partial charge >= 0.3 is 0 Å². The van der Waals surface area contributed by atoms with Gasteiger partial charge in [-0.1, -0.05) is 233 Å².